The van der Waals surface area contributed by atoms with Gasteiger partial charge in [0.05, 0.1) is 17.1 Å². The molecule has 2 heterocycles. The SMILES string of the molecule is O=C(NC1CCSc2ccccc21)c1cccc2cccnc12. The fourth-order valence-electron chi connectivity index (χ4n) is 3.02. The standard InChI is InChI=1S/C19H16N2OS/c22-19(15-8-3-5-13-6-4-11-20-18(13)15)21-16-10-12-23-17-9-2-1-7-14(16)17/h1-9,11,16H,10,12H2,(H,21,22). The van der Waals surface area contributed by atoms with Crippen LogP contribution in [-0.2, 0) is 0 Å². The number of thioether (sulfide) groups is 1. The molecular formula is C19H16N2OS. The fraction of sp³-hybridized carbons (Fsp3) is 0.158. The summed E-state index contributed by atoms with van der Waals surface area (Å²) in [6, 6.07) is 18.0. The van der Waals surface area contributed by atoms with Crippen LogP contribution in [0.25, 0.3) is 10.9 Å². The lowest BCUT2D eigenvalue weighted by Crippen LogP contribution is -2.30. The van der Waals surface area contributed by atoms with E-state index in [9.17, 15) is 4.79 Å². The molecule has 23 heavy (non-hydrogen) atoms. The number of nitrogens with zero attached hydrogens (tertiary/aromatic N) is 1. The van der Waals surface area contributed by atoms with E-state index in [0.717, 1.165) is 23.1 Å². The summed E-state index contributed by atoms with van der Waals surface area (Å²) < 4.78 is 0. The summed E-state index contributed by atoms with van der Waals surface area (Å²) >= 11 is 1.85. The first-order valence-corrected chi connectivity index (χ1v) is 8.68. The summed E-state index contributed by atoms with van der Waals surface area (Å²) in [4.78, 5) is 18.4. The number of hydrogen-bond acceptors (Lipinski definition) is 3. The van der Waals surface area contributed by atoms with Gasteiger partial charge in [0.25, 0.3) is 5.91 Å². The van der Waals surface area contributed by atoms with Crippen molar-refractivity contribution in [1.82, 2.24) is 10.3 Å². The maximum atomic E-state index is 12.8. The summed E-state index contributed by atoms with van der Waals surface area (Å²) in [5.74, 6) is 0.969. The Balaban J connectivity index is 1.66. The normalized spacial score (nSPS) is 16.8. The van der Waals surface area contributed by atoms with E-state index < -0.39 is 0 Å². The molecule has 4 heteroatoms. The van der Waals surface area contributed by atoms with Crippen LogP contribution in [0.3, 0.4) is 0 Å². The number of carbonyl (C=O) groups excluding carboxylic acids is 1. The van der Waals surface area contributed by atoms with Gasteiger partial charge in [-0.2, -0.15) is 0 Å². The molecule has 1 atom stereocenters. The number of aromatic nitrogens is 1. The van der Waals surface area contributed by atoms with E-state index in [1.54, 1.807) is 6.20 Å². The Bertz CT molecular complexity index is 873. The Morgan fingerprint density at radius 1 is 1.09 bits per heavy atom. The van der Waals surface area contributed by atoms with Gasteiger partial charge in [0.1, 0.15) is 0 Å². The van der Waals surface area contributed by atoms with Gasteiger partial charge in [0, 0.05) is 22.2 Å². The molecule has 1 aromatic heterocycles. The zero-order valence-corrected chi connectivity index (χ0v) is 13.3. The number of amides is 1. The molecule has 0 fully saturated rings. The van der Waals surface area contributed by atoms with Gasteiger partial charge in [-0.15, -0.1) is 11.8 Å². The largest absolute Gasteiger partial charge is 0.345 e. The van der Waals surface area contributed by atoms with Crippen molar-refractivity contribution in [3.8, 4) is 0 Å². The van der Waals surface area contributed by atoms with Gasteiger partial charge in [-0.25, -0.2) is 0 Å². The van der Waals surface area contributed by atoms with Gasteiger partial charge in [-0.3, -0.25) is 9.78 Å². The summed E-state index contributed by atoms with van der Waals surface area (Å²) in [5, 5.41) is 4.18. The van der Waals surface area contributed by atoms with Crippen molar-refractivity contribution >= 4 is 28.6 Å². The molecule has 0 aliphatic carbocycles. The average Bonchev–Trinajstić information content (AvgIpc) is 2.61. The third-order valence-electron chi connectivity index (χ3n) is 4.14. The van der Waals surface area contributed by atoms with Gasteiger partial charge in [0.15, 0.2) is 0 Å². The van der Waals surface area contributed by atoms with Crippen LogP contribution in [0.1, 0.15) is 28.4 Å². The highest BCUT2D eigenvalue weighted by Crippen LogP contribution is 2.36. The zero-order chi connectivity index (χ0) is 15.6. The second-order valence-electron chi connectivity index (χ2n) is 5.58. The number of fused-ring (bicyclic) bond motifs is 2. The Hall–Kier alpha value is -2.33. The summed E-state index contributed by atoms with van der Waals surface area (Å²) in [6.07, 6.45) is 2.68. The lowest BCUT2D eigenvalue weighted by Gasteiger charge is -2.26. The molecule has 0 saturated carbocycles. The maximum Gasteiger partial charge on any atom is 0.253 e. The van der Waals surface area contributed by atoms with Crippen LogP contribution in [0.5, 0.6) is 0 Å². The summed E-state index contributed by atoms with van der Waals surface area (Å²) in [6.45, 7) is 0. The third-order valence-corrected chi connectivity index (χ3v) is 5.26. The molecule has 1 aliphatic rings. The minimum absolute atomic E-state index is 0.0546. The van der Waals surface area contributed by atoms with Crippen molar-refractivity contribution in [1.29, 1.82) is 0 Å². The molecule has 3 nitrogen and oxygen atoms in total. The third kappa shape index (κ3) is 2.70. The van der Waals surface area contributed by atoms with E-state index in [-0.39, 0.29) is 11.9 Å². The van der Waals surface area contributed by atoms with Crippen LogP contribution in [0, 0.1) is 0 Å². The first kappa shape index (κ1) is 14.3. The van der Waals surface area contributed by atoms with Gasteiger partial charge in [-0.1, -0.05) is 36.4 Å². The number of carbonyl (C=O) groups is 1. The van der Waals surface area contributed by atoms with Crippen LogP contribution in [0.2, 0.25) is 0 Å². The minimum atomic E-state index is -0.0546. The Morgan fingerprint density at radius 3 is 2.91 bits per heavy atom. The van der Waals surface area contributed by atoms with Crippen LogP contribution in [0.4, 0.5) is 0 Å². The van der Waals surface area contributed by atoms with Crippen molar-refractivity contribution in [2.45, 2.75) is 17.4 Å². The highest BCUT2D eigenvalue weighted by molar-refractivity contribution is 7.99. The van der Waals surface area contributed by atoms with E-state index in [1.165, 1.54) is 10.5 Å². The molecule has 0 saturated heterocycles. The van der Waals surface area contributed by atoms with Gasteiger partial charge >= 0.3 is 0 Å². The average molecular weight is 320 g/mol. The lowest BCUT2D eigenvalue weighted by atomic mass is 10.0. The van der Waals surface area contributed by atoms with E-state index in [4.69, 9.17) is 0 Å². The molecular weight excluding hydrogens is 304 g/mol. The van der Waals surface area contributed by atoms with Crippen molar-refractivity contribution in [3.63, 3.8) is 0 Å². The highest BCUT2D eigenvalue weighted by atomic mass is 32.2. The molecule has 0 radical (unpaired) electrons. The first-order chi connectivity index (χ1) is 11.3. The molecule has 2 aromatic carbocycles. The Labute approximate surface area is 139 Å². The second kappa shape index (κ2) is 6.05. The molecule has 4 rings (SSSR count). The Kier molecular flexibility index (Phi) is 3.75. The predicted molar refractivity (Wildman–Crippen MR) is 93.7 cm³/mol. The smallest absolute Gasteiger partial charge is 0.253 e. The second-order valence-corrected chi connectivity index (χ2v) is 6.72. The van der Waals surface area contributed by atoms with Crippen molar-refractivity contribution in [3.05, 3.63) is 71.9 Å². The minimum Gasteiger partial charge on any atom is -0.345 e. The molecule has 0 spiro atoms. The number of para-hydroxylation sites is 1. The van der Waals surface area contributed by atoms with Gasteiger partial charge in [0.2, 0.25) is 0 Å². The first-order valence-electron chi connectivity index (χ1n) is 7.69. The van der Waals surface area contributed by atoms with Crippen LogP contribution in [0.15, 0.2) is 65.7 Å². The monoisotopic (exact) mass is 320 g/mol. The number of benzene rings is 2. The van der Waals surface area contributed by atoms with Crippen molar-refractivity contribution in [2.75, 3.05) is 5.75 Å². The lowest BCUT2D eigenvalue weighted by molar-refractivity contribution is 0.0936. The molecule has 1 amide bonds. The van der Waals surface area contributed by atoms with Gasteiger partial charge < -0.3 is 5.32 Å². The molecule has 1 aliphatic heterocycles. The molecule has 114 valence electrons. The summed E-state index contributed by atoms with van der Waals surface area (Å²) in [5.41, 5.74) is 2.61. The Morgan fingerprint density at radius 2 is 1.96 bits per heavy atom. The number of pyridine rings is 1. The number of nitrogens with one attached hydrogen (secondary N) is 1. The number of hydrogen-bond donors (Lipinski definition) is 1. The zero-order valence-electron chi connectivity index (χ0n) is 12.5. The maximum absolute atomic E-state index is 12.8. The van der Waals surface area contributed by atoms with Crippen molar-refractivity contribution in [2.24, 2.45) is 0 Å². The van der Waals surface area contributed by atoms with Gasteiger partial charge in [-0.05, 0) is 30.2 Å². The molecule has 3 aromatic rings. The predicted octanol–water partition coefficient (Wildman–Crippen LogP) is 4.20. The van der Waals surface area contributed by atoms with Crippen LogP contribution >= 0.6 is 11.8 Å². The fourth-order valence-corrected chi connectivity index (χ4v) is 4.14. The van der Waals surface area contributed by atoms with Crippen LogP contribution < -0.4 is 5.32 Å². The summed E-state index contributed by atoms with van der Waals surface area (Å²) in [7, 11) is 0. The molecule has 0 bridgehead atoms. The topological polar surface area (TPSA) is 42.0 Å². The van der Waals surface area contributed by atoms with E-state index in [0.29, 0.717) is 5.56 Å². The molecule has 1 N–H and O–H groups in total. The van der Waals surface area contributed by atoms with Crippen molar-refractivity contribution < 1.29 is 4.79 Å². The highest BCUT2D eigenvalue weighted by Gasteiger charge is 2.23. The number of rotatable bonds is 2. The van der Waals surface area contributed by atoms with E-state index in [1.807, 2.05) is 54.2 Å². The van der Waals surface area contributed by atoms with E-state index >= 15 is 0 Å². The van der Waals surface area contributed by atoms with E-state index in [2.05, 4.69) is 22.4 Å². The quantitative estimate of drug-likeness (QED) is 0.769. The molecule has 1 unspecified atom stereocenters. The van der Waals surface area contributed by atoms with Crippen LogP contribution in [-0.4, -0.2) is 16.6 Å².